The van der Waals surface area contributed by atoms with Gasteiger partial charge >= 0.3 is 5.97 Å². The van der Waals surface area contributed by atoms with Crippen molar-refractivity contribution in [1.29, 1.82) is 0 Å². The van der Waals surface area contributed by atoms with Gasteiger partial charge in [-0.05, 0) is 29.2 Å². The Labute approximate surface area is 99.9 Å². The fourth-order valence-corrected chi connectivity index (χ4v) is 1.94. The molecule has 0 fully saturated rings. The average molecular weight is 229 g/mol. The van der Waals surface area contributed by atoms with Crippen LogP contribution in [0.1, 0.15) is 12.0 Å². The molecule has 0 radical (unpaired) electrons. The molecule has 2 aromatic rings. The van der Waals surface area contributed by atoms with E-state index in [0.29, 0.717) is 12.8 Å². The summed E-state index contributed by atoms with van der Waals surface area (Å²) in [6, 6.07) is 13.4. The summed E-state index contributed by atoms with van der Waals surface area (Å²) in [6.45, 7) is 0. The van der Waals surface area contributed by atoms with Crippen molar-refractivity contribution in [2.75, 3.05) is 0 Å². The zero-order valence-electron chi connectivity index (χ0n) is 9.47. The van der Waals surface area contributed by atoms with Crippen molar-refractivity contribution in [1.82, 2.24) is 0 Å². The van der Waals surface area contributed by atoms with E-state index in [1.54, 1.807) is 0 Å². The van der Waals surface area contributed by atoms with E-state index in [1.165, 1.54) is 10.8 Å². The number of fused-ring (bicyclic) bond motifs is 1. The quantitative estimate of drug-likeness (QED) is 0.844. The molecule has 1 atom stereocenters. The molecule has 0 aliphatic rings. The maximum absolute atomic E-state index is 10.7. The second kappa shape index (κ2) is 4.97. The van der Waals surface area contributed by atoms with Crippen LogP contribution in [0.15, 0.2) is 42.5 Å². The Balaban J connectivity index is 2.21. The van der Waals surface area contributed by atoms with Gasteiger partial charge < -0.3 is 10.8 Å². The van der Waals surface area contributed by atoms with Gasteiger partial charge in [0.15, 0.2) is 0 Å². The molecule has 3 heteroatoms. The average Bonchev–Trinajstić information content (AvgIpc) is 2.35. The first kappa shape index (κ1) is 11.6. The third-order valence-corrected chi connectivity index (χ3v) is 2.92. The Morgan fingerprint density at radius 3 is 2.65 bits per heavy atom. The highest BCUT2D eigenvalue weighted by molar-refractivity contribution is 5.85. The fraction of sp³-hybridized carbons (Fsp3) is 0.214. The number of nitrogens with two attached hydrogens (primary N) is 1. The standard InChI is InChI=1S/C14H15NO2/c15-13(14(16)17)9-8-11-6-3-5-10-4-1-2-7-12(10)11/h1-7,13H,8-9,15H2,(H,16,17)/t13-/m1/s1. The molecule has 0 amide bonds. The van der Waals surface area contributed by atoms with Gasteiger partial charge in [-0.1, -0.05) is 42.5 Å². The number of hydrogen-bond donors (Lipinski definition) is 2. The Morgan fingerprint density at radius 1 is 1.18 bits per heavy atom. The Morgan fingerprint density at radius 2 is 1.88 bits per heavy atom. The molecule has 3 N–H and O–H groups in total. The van der Waals surface area contributed by atoms with Gasteiger partial charge in [-0.15, -0.1) is 0 Å². The maximum Gasteiger partial charge on any atom is 0.320 e. The largest absolute Gasteiger partial charge is 0.480 e. The van der Waals surface area contributed by atoms with Crippen LogP contribution in [0.4, 0.5) is 0 Å². The monoisotopic (exact) mass is 229 g/mol. The lowest BCUT2D eigenvalue weighted by Gasteiger charge is -2.08. The van der Waals surface area contributed by atoms with Gasteiger partial charge in [0.05, 0.1) is 0 Å². The van der Waals surface area contributed by atoms with Gasteiger partial charge in [0.25, 0.3) is 0 Å². The molecule has 3 nitrogen and oxygen atoms in total. The molecule has 0 aliphatic carbocycles. The van der Waals surface area contributed by atoms with E-state index < -0.39 is 12.0 Å². The van der Waals surface area contributed by atoms with E-state index in [4.69, 9.17) is 10.8 Å². The minimum atomic E-state index is -0.940. The van der Waals surface area contributed by atoms with Gasteiger partial charge in [0.1, 0.15) is 6.04 Å². The van der Waals surface area contributed by atoms with Crippen LogP contribution in [0, 0.1) is 0 Å². The van der Waals surface area contributed by atoms with Crippen molar-refractivity contribution >= 4 is 16.7 Å². The third-order valence-electron chi connectivity index (χ3n) is 2.92. The summed E-state index contributed by atoms with van der Waals surface area (Å²) in [5.41, 5.74) is 6.66. The SMILES string of the molecule is N[C@H](CCc1cccc2ccccc12)C(=O)O. The van der Waals surface area contributed by atoms with Gasteiger partial charge in [0.2, 0.25) is 0 Å². The molecule has 2 rings (SSSR count). The van der Waals surface area contributed by atoms with E-state index >= 15 is 0 Å². The maximum atomic E-state index is 10.7. The second-order valence-corrected chi connectivity index (χ2v) is 4.12. The molecule has 0 bridgehead atoms. The predicted molar refractivity (Wildman–Crippen MR) is 67.9 cm³/mol. The Bertz CT molecular complexity index is 531. The zero-order valence-corrected chi connectivity index (χ0v) is 9.47. The number of aliphatic carboxylic acids is 1. The van der Waals surface area contributed by atoms with Crippen molar-refractivity contribution in [2.45, 2.75) is 18.9 Å². The van der Waals surface area contributed by atoms with E-state index in [0.717, 1.165) is 5.56 Å². The lowest BCUT2D eigenvalue weighted by atomic mass is 9.99. The number of benzene rings is 2. The predicted octanol–water partition coefficient (Wildman–Crippen LogP) is 2.18. The molecule has 0 saturated heterocycles. The molecular weight excluding hydrogens is 214 g/mol. The number of aryl methyl sites for hydroxylation is 1. The van der Waals surface area contributed by atoms with E-state index in [9.17, 15) is 4.79 Å². The summed E-state index contributed by atoms with van der Waals surface area (Å²) in [5, 5.41) is 11.1. The smallest absolute Gasteiger partial charge is 0.320 e. The first-order valence-electron chi connectivity index (χ1n) is 5.63. The van der Waals surface area contributed by atoms with Crippen LogP contribution in [0.3, 0.4) is 0 Å². The summed E-state index contributed by atoms with van der Waals surface area (Å²) < 4.78 is 0. The Kier molecular flexibility index (Phi) is 3.40. The van der Waals surface area contributed by atoms with Crippen molar-refractivity contribution < 1.29 is 9.90 Å². The first-order valence-corrected chi connectivity index (χ1v) is 5.63. The molecule has 0 heterocycles. The zero-order chi connectivity index (χ0) is 12.3. The summed E-state index contributed by atoms with van der Waals surface area (Å²) in [4.78, 5) is 10.7. The van der Waals surface area contributed by atoms with Gasteiger partial charge in [-0.2, -0.15) is 0 Å². The molecule has 2 aromatic carbocycles. The van der Waals surface area contributed by atoms with Crippen molar-refractivity contribution in [3.63, 3.8) is 0 Å². The third kappa shape index (κ3) is 2.63. The normalized spacial score (nSPS) is 12.5. The van der Waals surface area contributed by atoms with Crippen LogP contribution in [0.2, 0.25) is 0 Å². The topological polar surface area (TPSA) is 63.3 Å². The van der Waals surface area contributed by atoms with Crippen molar-refractivity contribution in [3.8, 4) is 0 Å². The van der Waals surface area contributed by atoms with Crippen LogP contribution < -0.4 is 5.73 Å². The van der Waals surface area contributed by atoms with Crippen LogP contribution in [-0.2, 0) is 11.2 Å². The van der Waals surface area contributed by atoms with E-state index in [2.05, 4.69) is 18.2 Å². The summed E-state index contributed by atoms with van der Waals surface area (Å²) in [5.74, 6) is -0.940. The minimum absolute atomic E-state index is 0.462. The summed E-state index contributed by atoms with van der Waals surface area (Å²) >= 11 is 0. The van der Waals surface area contributed by atoms with E-state index in [-0.39, 0.29) is 0 Å². The highest BCUT2D eigenvalue weighted by Crippen LogP contribution is 2.19. The number of rotatable bonds is 4. The molecule has 17 heavy (non-hydrogen) atoms. The van der Waals surface area contributed by atoms with Gasteiger partial charge in [-0.25, -0.2) is 0 Å². The number of carbonyl (C=O) groups is 1. The van der Waals surface area contributed by atoms with E-state index in [1.807, 2.05) is 24.3 Å². The molecule has 0 saturated carbocycles. The van der Waals surface area contributed by atoms with Crippen LogP contribution >= 0.6 is 0 Å². The lowest BCUT2D eigenvalue weighted by molar-refractivity contribution is -0.138. The van der Waals surface area contributed by atoms with Gasteiger partial charge in [0, 0.05) is 0 Å². The molecule has 0 aromatic heterocycles. The van der Waals surface area contributed by atoms with Crippen LogP contribution in [0.5, 0.6) is 0 Å². The highest BCUT2D eigenvalue weighted by atomic mass is 16.4. The fourth-order valence-electron chi connectivity index (χ4n) is 1.94. The second-order valence-electron chi connectivity index (χ2n) is 4.12. The molecule has 0 aliphatic heterocycles. The molecule has 88 valence electrons. The van der Waals surface area contributed by atoms with Gasteiger partial charge in [-0.3, -0.25) is 4.79 Å². The summed E-state index contributed by atoms with van der Waals surface area (Å²) in [7, 11) is 0. The van der Waals surface area contributed by atoms with Crippen LogP contribution in [0.25, 0.3) is 10.8 Å². The van der Waals surface area contributed by atoms with Crippen LogP contribution in [-0.4, -0.2) is 17.1 Å². The number of carboxylic acid groups (broad SMARTS) is 1. The molecular formula is C14H15NO2. The summed E-state index contributed by atoms with van der Waals surface area (Å²) in [6.07, 6.45) is 1.15. The van der Waals surface area contributed by atoms with Crippen molar-refractivity contribution in [3.05, 3.63) is 48.0 Å². The lowest BCUT2D eigenvalue weighted by Crippen LogP contribution is -2.30. The first-order chi connectivity index (χ1) is 8.18. The number of hydrogen-bond acceptors (Lipinski definition) is 2. The van der Waals surface area contributed by atoms with Crippen molar-refractivity contribution in [2.24, 2.45) is 5.73 Å². The highest BCUT2D eigenvalue weighted by Gasteiger charge is 2.11. The molecule has 0 spiro atoms. The number of carboxylic acids is 1. The minimum Gasteiger partial charge on any atom is -0.480 e. The molecule has 0 unspecified atom stereocenters. The Hall–Kier alpha value is -1.87.